The molecule has 7 heteroatoms. The number of aromatic nitrogens is 2. The van der Waals surface area contributed by atoms with Gasteiger partial charge in [0.25, 0.3) is 0 Å². The van der Waals surface area contributed by atoms with Gasteiger partial charge in [0.05, 0.1) is 11.8 Å². The van der Waals surface area contributed by atoms with Gasteiger partial charge in [0.1, 0.15) is 5.82 Å². The number of hydrogen-bond donors (Lipinski definition) is 1. The molecule has 17 heavy (non-hydrogen) atoms. The van der Waals surface area contributed by atoms with Gasteiger partial charge in [-0.25, -0.2) is 4.39 Å². The van der Waals surface area contributed by atoms with E-state index in [1.54, 1.807) is 12.1 Å². The molecule has 4 nitrogen and oxygen atoms in total. The molecule has 0 unspecified atom stereocenters. The maximum absolute atomic E-state index is 12.7. The molecular formula is C10H7FN4S2. The minimum atomic E-state index is -0.280. The molecule has 0 aliphatic rings. The van der Waals surface area contributed by atoms with Crippen LogP contribution in [0.25, 0.3) is 0 Å². The molecule has 0 bridgehead atoms. The zero-order chi connectivity index (χ0) is 12.1. The van der Waals surface area contributed by atoms with E-state index >= 15 is 0 Å². The van der Waals surface area contributed by atoms with Crippen LogP contribution in [0.1, 0.15) is 0 Å². The van der Waals surface area contributed by atoms with E-state index in [2.05, 4.69) is 15.5 Å². The highest BCUT2D eigenvalue weighted by Crippen LogP contribution is 2.27. The van der Waals surface area contributed by atoms with Gasteiger partial charge in [-0.05, 0) is 24.3 Å². The molecular weight excluding hydrogens is 259 g/mol. The van der Waals surface area contributed by atoms with Gasteiger partial charge in [0.15, 0.2) is 4.34 Å². The van der Waals surface area contributed by atoms with Gasteiger partial charge in [-0.1, -0.05) is 23.1 Å². The maximum Gasteiger partial charge on any atom is 0.210 e. The number of thioether (sulfide) groups is 1. The number of nitrogens with zero attached hydrogens (tertiary/aromatic N) is 3. The van der Waals surface area contributed by atoms with E-state index in [1.165, 1.54) is 35.2 Å². The van der Waals surface area contributed by atoms with E-state index in [1.807, 2.05) is 6.07 Å². The van der Waals surface area contributed by atoms with E-state index in [-0.39, 0.29) is 5.82 Å². The Morgan fingerprint density at radius 3 is 2.82 bits per heavy atom. The summed E-state index contributed by atoms with van der Waals surface area (Å²) in [5.74, 6) is 0.0728. The number of benzene rings is 1. The molecule has 0 saturated carbocycles. The first-order valence-electron chi connectivity index (χ1n) is 4.64. The van der Waals surface area contributed by atoms with Gasteiger partial charge >= 0.3 is 0 Å². The molecule has 0 amide bonds. The second-order valence-electron chi connectivity index (χ2n) is 2.95. The zero-order valence-corrected chi connectivity index (χ0v) is 10.2. The smallest absolute Gasteiger partial charge is 0.210 e. The fraction of sp³-hybridized carbons (Fsp3) is 0.100. The van der Waals surface area contributed by atoms with Gasteiger partial charge in [-0.3, -0.25) is 0 Å². The van der Waals surface area contributed by atoms with Crippen molar-refractivity contribution < 1.29 is 4.39 Å². The lowest BCUT2D eigenvalue weighted by molar-refractivity contribution is 0.628. The Bertz CT molecular complexity index is 532. The highest BCUT2D eigenvalue weighted by molar-refractivity contribution is 8.01. The fourth-order valence-corrected chi connectivity index (χ4v) is 2.50. The average molecular weight is 266 g/mol. The van der Waals surface area contributed by atoms with Crippen molar-refractivity contribution in [2.75, 3.05) is 11.1 Å². The van der Waals surface area contributed by atoms with Gasteiger partial charge in [0.2, 0.25) is 5.13 Å². The van der Waals surface area contributed by atoms with Gasteiger partial charge < -0.3 is 5.32 Å². The Labute approximate surface area is 105 Å². The molecule has 0 aliphatic carbocycles. The summed E-state index contributed by atoms with van der Waals surface area (Å²) < 4.78 is 13.4. The zero-order valence-electron chi connectivity index (χ0n) is 8.55. The molecule has 2 aromatic rings. The first-order valence-corrected chi connectivity index (χ1v) is 6.44. The molecule has 1 aromatic heterocycles. The molecule has 0 aliphatic heterocycles. The van der Waals surface area contributed by atoms with Gasteiger partial charge in [-0.15, -0.1) is 10.2 Å². The standard InChI is InChI=1S/C10H7FN4S2/c11-7-1-3-8(4-2-7)13-9-14-15-10(17-9)16-6-5-12/h1-4H,6H2,(H,13,14). The SMILES string of the molecule is N#CCSc1nnc(Nc2ccc(F)cc2)s1. The van der Waals surface area contributed by atoms with Crippen LogP contribution in [0.15, 0.2) is 28.6 Å². The second kappa shape index (κ2) is 5.61. The number of halogens is 1. The Balaban J connectivity index is 2.01. The third-order valence-electron chi connectivity index (χ3n) is 1.76. The highest BCUT2D eigenvalue weighted by atomic mass is 32.2. The van der Waals surface area contributed by atoms with Crippen LogP contribution in [0, 0.1) is 17.1 Å². The Morgan fingerprint density at radius 1 is 1.35 bits per heavy atom. The van der Waals surface area contributed by atoms with Crippen molar-refractivity contribution in [1.82, 2.24) is 10.2 Å². The van der Waals surface area contributed by atoms with E-state index < -0.39 is 0 Å². The Kier molecular flexibility index (Phi) is 3.90. The van der Waals surface area contributed by atoms with Crippen LogP contribution in [-0.4, -0.2) is 16.0 Å². The lowest BCUT2D eigenvalue weighted by Crippen LogP contribution is -1.89. The molecule has 1 heterocycles. The number of rotatable bonds is 4. The molecule has 1 N–H and O–H groups in total. The van der Waals surface area contributed by atoms with Crippen molar-refractivity contribution in [2.45, 2.75) is 4.34 Å². The van der Waals surface area contributed by atoms with Crippen LogP contribution in [0.3, 0.4) is 0 Å². The highest BCUT2D eigenvalue weighted by Gasteiger charge is 2.04. The fourth-order valence-electron chi connectivity index (χ4n) is 1.07. The largest absolute Gasteiger partial charge is 0.330 e. The lowest BCUT2D eigenvalue weighted by Gasteiger charge is -2.00. The van der Waals surface area contributed by atoms with E-state index in [0.29, 0.717) is 10.9 Å². The molecule has 1 aromatic carbocycles. The summed E-state index contributed by atoms with van der Waals surface area (Å²) in [4.78, 5) is 0. The molecule has 0 fully saturated rings. The molecule has 0 radical (unpaired) electrons. The lowest BCUT2D eigenvalue weighted by atomic mass is 10.3. The summed E-state index contributed by atoms with van der Waals surface area (Å²) in [6, 6.07) is 8.01. The summed E-state index contributed by atoms with van der Waals surface area (Å²) in [6.45, 7) is 0. The number of anilines is 2. The Morgan fingerprint density at radius 2 is 2.12 bits per heavy atom. The van der Waals surface area contributed by atoms with Crippen LogP contribution < -0.4 is 5.32 Å². The van der Waals surface area contributed by atoms with Gasteiger partial charge in [0, 0.05) is 5.69 Å². The van der Waals surface area contributed by atoms with Crippen molar-refractivity contribution in [3.63, 3.8) is 0 Å². The third-order valence-corrected chi connectivity index (χ3v) is 3.60. The number of nitrogens with one attached hydrogen (secondary N) is 1. The maximum atomic E-state index is 12.7. The third kappa shape index (κ3) is 3.41. The van der Waals surface area contributed by atoms with Crippen molar-refractivity contribution in [1.29, 1.82) is 5.26 Å². The first-order chi connectivity index (χ1) is 8.28. The van der Waals surface area contributed by atoms with Crippen LogP contribution in [0.4, 0.5) is 15.2 Å². The minimum Gasteiger partial charge on any atom is -0.330 e. The number of hydrogen-bond acceptors (Lipinski definition) is 6. The molecule has 0 saturated heterocycles. The van der Waals surface area contributed by atoms with Gasteiger partial charge in [-0.2, -0.15) is 5.26 Å². The van der Waals surface area contributed by atoms with Crippen molar-refractivity contribution in [3.8, 4) is 6.07 Å². The van der Waals surface area contributed by atoms with Crippen LogP contribution >= 0.6 is 23.1 Å². The summed E-state index contributed by atoms with van der Waals surface area (Å²) in [7, 11) is 0. The molecule has 2 rings (SSSR count). The normalized spacial score (nSPS) is 9.88. The summed E-state index contributed by atoms with van der Waals surface area (Å²) in [6.07, 6.45) is 0. The summed E-state index contributed by atoms with van der Waals surface area (Å²) in [5.41, 5.74) is 0.749. The van der Waals surface area contributed by atoms with Crippen LogP contribution in [-0.2, 0) is 0 Å². The quantitative estimate of drug-likeness (QED) is 0.862. The monoisotopic (exact) mass is 266 g/mol. The van der Waals surface area contributed by atoms with Crippen LogP contribution in [0.5, 0.6) is 0 Å². The predicted octanol–water partition coefficient (Wildman–Crippen LogP) is 3.04. The van der Waals surface area contributed by atoms with E-state index in [0.717, 1.165) is 10.0 Å². The van der Waals surface area contributed by atoms with Crippen molar-refractivity contribution in [2.24, 2.45) is 0 Å². The van der Waals surface area contributed by atoms with E-state index in [9.17, 15) is 4.39 Å². The second-order valence-corrected chi connectivity index (χ2v) is 5.15. The first kappa shape index (κ1) is 11.8. The van der Waals surface area contributed by atoms with Crippen molar-refractivity contribution >= 4 is 33.9 Å². The minimum absolute atomic E-state index is 0.280. The topological polar surface area (TPSA) is 61.6 Å². The summed E-state index contributed by atoms with van der Waals surface area (Å²) >= 11 is 2.69. The van der Waals surface area contributed by atoms with Crippen LogP contribution in [0.2, 0.25) is 0 Å². The molecule has 0 atom stereocenters. The summed E-state index contributed by atoms with van der Waals surface area (Å²) in [5, 5.41) is 19.9. The van der Waals surface area contributed by atoms with Crippen molar-refractivity contribution in [3.05, 3.63) is 30.1 Å². The Hall–Kier alpha value is -1.65. The molecule has 0 spiro atoms. The molecule has 86 valence electrons. The predicted molar refractivity (Wildman–Crippen MR) is 65.9 cm³/mol. The van der Waals surface area contributed by atoms with E-state index in [4.69, 9.17) is 5.26 Å². The number of nitriles is 1. The average Bonchev–Trinajstić information content (AvgIpc) is 2.77.